The van der Waals surface area contributed by atoms with Crippen LogP contribution < -0.4 is 5.32 Å². The number of aromatic nitrogens is 2. The molecule has 3 aromatic rings. The van der Waals surface area contributed by atoms with E-state index in [4.69, 9.17) is 0 Å². The number of hydrogen-bond donors (Lipinski definition) is 1. The van der Waals surface area contributed by atoms with E-state index in [-0.39, 0.29) is 5.91 Å². The van der Waals surface area contributed by atoms with Crippen LogP contribution in [0.1, 0.15) is 27.3 Å². The highest BCUT2D eigenvalue weighted by atomic mass is 32.2. The Hall–Kier alpha value is -2.53. The molecule has 0 saturated heterocycles. The molecule has 0 radical (unpaired) electrons. The Morgan fingerprint density at radius 1 is 1.04 bits per heavy atom. The molecule has 1 aromatic heterocycles. The first-order chi connectivity index (χ1) is 12.7. The lowest BCUT2D eigenvalue weighted by atomic mass is 10.2. The molecule has 4 nitrogen and oxygen atoms in total. The summed E-state index contributed by atoms with van der Waals surface area (Å²) in [6.07, 6.45) is 0. The third kappa shape index (κ3) is 4.35. The Labute approximate surface area is 158 Å². The predicted molar refractivity (Wildman–Crippen MR) is 108 cm³/mol. The van der Waals surface area contributed by atoms with Crippen LogP contribution in [0.25, 0.3) is 5.69 Å². The minimum atomic E-state index is -0.0532. The number of para-hydroxylation sites is 1. The number of hydrogen-bond acceptors (Lipinski definition) is 3. The number of carbonyl (C=O) groups is 1. The van der Waals surface area contributed by atoms with Gasteiger partial charge in [0, 0.05) is 18.1 Å². The first kappa shape index (κ1) is 18.3. The summed E-state index contributed by atoms with van der Waals surface area (Å²) in [7, 11) is 0. The van der Waals surface area contributed by atoms with Crippen molar-refractivity contribution < 1.29 is 4.79 Å². The molecule has 1 heterocycles. The lowest BCUT2D eigenvalue weighted by Gasteiger charge is -2.07. The largest absolute Gasteiger partial charge is 0.351 e. The van der Waals surface area contributed by atoms with Gasteiger partial charge in [0.1, 0.15) is 0 Å². The minimum Gasteiger partial charge on any atom is -0.351 e. The van der Waals surface area contributed by atoms with Gasteiger partial charge in [-0.2, -0.15) is 16.9 Å². The molecule has 0 aliphatic heterocycles. The van der Waals surface area contributed by atoms with Crippen molar-refractivity contribution in [3.63, 3.8) is 0 Å². The Bertz CT molecular complexity index is 860. The Kier molecular flexibility index (Phi) is 6.12. The van der Waals surface area contributed by atoms with Crippen LogP contribution in [0.5, 0.6) is 0 Å². The maximum atomic E-state index is 12.6. The van der Waals surface area contributed by atoms with Crippen LogP contribution in [-0.2, 0) is 5.75 Å². The molecule has 5 heteroatoms. The van der Waals surface area contributed by atoms with E-state index in [9.17, 15) is 4.79 Å². The highest BCUT2D eigenvalue weighted by Crippen LogP contribution is 2.18. The number of rotatable bonds is 7. The number of nitrogens with one attached hydrogen (secondary N) is 1. The molecule has 0 spiro atoms. The van der Waals surface area contributed by atoms with Crippen LogP contribution in [-0.4, -0.2) is 28.0 Å². The van der Waals surface area contributed by atoms with Crippen molar-refractivity contribution in [3.8, 4) is 5.69 Å². The van der Waals surface area contributed by atoms with E-state index in [1.54, 1.807) is 0 Å². The third-order valence-electron chi connectivity index (χ3n) is 4.16. The molecule has 134 valence electrons. The molecular formula is C21H23N3OS. The number of thioether (sulfide) groups is 1. The quantitative estimate of drug-likeness (QED) is 0.640. The molecule has 0 unspecified atom stereocenters. The molecule has 0 saturated carbocycles. The first-order valence-electron chi connectivity index (χ1n) is 8.68. The maximum absolute atomic E-state index is 12.6. The van der Waals surface area contributed by atoms with Gasteiger partial charge in [0.15, 0.2) is 0 Å². The summed E-state index contributed by atoms with van der Waals surface area (Å²) < 4.78 is 1.83. The fourth-order valence-electron chi connectivity index (χ4n) is 2.88. The summed E-state index contributed by atoms with van der Waals surface area (Å²) in [5.41, 5.74) is 4.55. The van der Waals surface area contributed by atoms with E-state index in [0.717, 1.165) is 28.6 Å². The Balaban J connectivity index is 1.56. The molecule has 0 bridgehead atoms. The molecule has 2 aromatic carbocycles. The normalized spacial score (nSPS) is 10.7. The van der Waals surface area contributed by atoms with Gasteiger partial charge in [-0.05, 0) is 31.5 Å². The molecule has 1 N–H and O–H groups in total. The van der Waals surface area contributed by atoms with Gasteiger partial charge in [-0.1, -0.05) is 48.5 Å². The van der Waals surface area contributed by atoms with E-state index in [0.29, 0.717) is 12.1 Å². The second-order valence-corrected chi connectivity index (χ2v) is 7.19. The zero-order valence-electron chi connectivity index (χ0n) is 15.1. The second kappa shape index (κ2) is 8.72. The minimum absolute atomic E-state index is 0.0532. The van der Waals surface area contributed by atoms with Crippen LogP contribution in [0.4, 0.5) is 0 Å². The highest BCUT2D eigenvalue weighted by Gasteiger charge is 2.18. The van der Waals surface area contributed by atoms with Gasteiger partial charge in [0.05, 0.1) is 22.6 Å². The van der Waals surface area contributed by atoms with Crippen molar-refractivity contribution in [1.29, 1.82) is 0 Å². The Morgan fingerprint density at radius 3 is 2.38 bits per heavy atom. The van der Waals surface area contributed by atoms with Gasteiger partial charge < -0.3 is 5.32 Å². The molecule has 1 amide bonds. The molecule has 0 fully saturated rings. The SMILES string of the molecule is Cc1nn(-c2ccccc2)c(C)c1C(=O)NCCSCc1ccccc1. The summed E-state index contributed by atoms with van der Waals surface area (Å²) >= 11 is 1.82. The summed E-state index contributed by atoms with van der Waals surface area (Å²) in [5.74, 6) is 1.79. The molecule has 26 heavy (non-hydrogen) atoms. The van der Waals surface area contributed by atoms with E-state index in [1.165, 1.54) is 5.56 Å². The zero-order chi connectivity index (χ0) is 18.4. The second-order valence-electron chi connectivity index (χ2n) is 6.09. The molecule has 0 aliphatic rings. The van der Waals surface area contributed by atoms with Crippen LogP contribution in [0.15, 0.2) is 60.7 Å². The van der Waals surface area contributed by atoms with Gasteiger partial charge in [0.25, 0.3) is 5.91 Å². The van der Waals surface area contributed by atoms with Crippen molar-refractivity contribution in [2.75, 3.05) is 12.3 Å². The average Bonchev–Trinajstić information content (AvgIpc) is 2.97. The smallest absolute Gasteiger partial charge is 0.255 e. The number of benzene rings is 2. The number of nitrogens with zero attached hydrogens (tertiary/aromatic N) is 2. The highest BCUT2D eigenvalue weighted by molar-refractivity contribution is 7.98. The lowest BCUT2D eigenvalue weighted by Crippen LogP contribution is -2.26. The van der Waals surface area contributed by atoms with Crippen LogP contribution in [0.2, 0.25) is 0 Å². The maximum Gasteiger partial charge on any atom is 0.255 e. The first-order valence-corrected chi connectivity index (χ1v) is 9.84. The van der Waals surface area contributed by atoms with E-state index in [1.807, 2.05) is 78.8 Å². The van der Waals surface area contributed by atoms with Gasteiger partial charge in [-0.15, -0.1) is 0 Å². The molecule has 0 atom stereocenters. The van der Waals surface area contributed by atoms with Crippen LogP contribution >= 0.6 is 11.8 Å². The standard InChI is InChI=1S/C21H23N3OS/c1-16-20(17(2)24(23-16)19-11-7-4-8-12-19)21(25)22-13-14-26-15-18-9-5-3-6-10-18/h3-12H,13-15H2,1-2H3,(H,22,25). The third-order valence-corrected chi connectivity index (χ3v) is 5.19. The van der Waals surface area contributed by atoms with E-state index >= 15 is 0 Å². The predicted octanol–water partition coefficient (Wildman–Crippen LogP) is 4.15. The van der Waals surface area contributed by atoms with Gasteiger partial charge in [0.2, 0.25) is 0 Å². The van der Waals surface area contributed by atoms with Crippen LogP contribution in [0, 0.1) is 13.8 Å². The lowest BCUT2D eigenvalue weighted by molar-refractivity contribution is 0.0955. The Morgan fingerprint density at radius 2 is 1.69 bits per heavy atom. The van der Waals surface area contributed by atoms with Crippen molar-refractivity contribution in [2.24, 2.45) is 0 Å². The van der Waals surface area contributed by atoms with Gasteiger partial charge in [-0.25, -0.2) is 4.68 Å². The fourth-order valence-corrected chi connectivity index (χ4v) is 3.70. The van der Waals surface area contributed by atoms with Crippen LogP contribution in [0.3, 0.4) is 0 Å². The van der Waals surface area contributed by atoms with Crippen molar-refractivity contribution >= 4 is 17.7 Å². The van der Waals surface area contributed by atoms with E-state index < -0.39 is 0 Å². The average molecular weight is 366 g/mol. The van der Waals surface area contributed by atoms with Crippen molar-refractivity contribution in [1.82, 2.24) is 15.1 Å². The summed E-state index contributed by atoms with van der Waals surface area (Å²) in [4.78, 5) is 12.6. The number of carbonyl (C=O) groups excluding carboxylic acids is 1. The zero-order valence-corrected chi connectivity index (χ0v) is 15.9. The topological polar surface area (TPSA) is 46.9 Å². The van der Waals surface area contributed by atoms with Gasteiger partial charge in [-0.3, -0.25) is 4.79 Å². The molecule has 3 rings (SSSR count). The molecular weight excluding hydrogens is 342 g/mol. The van der Waals surface area contributed by atoms with E-state index in [2.05, 4.69) is 22.5 Å². The van der Waals surface area contributed by atoms with Crippen molar-refractivity contribution in [2.45, 2.75) is 19.6 Å². The fraction of sp³-hybridized carbons (Fsp3) is 0.238. The summed E-state index contributed by atoms with van der Waals surface area (Å²) in [6.45, 7) is 4.46. The van der Waals surface area contributed by atoms with Crippen molar-refractivity contribution in [3.05, 3.63) is 83.2 Å². The molecule has 0 aliphatic carbocycles. The summed E-state index contributed by atoms with van der Waals surface area (Å²) in [6, 6.07) is 20.2. The number of aryl methyl sites for hydroxylation is 1. The summed E-state index contributed by atoms with van der Waals surface area (Å²) in [5, 5.41) is 7.55. The monoisotopic (exact) mass is 365 g/mol. The number of amides is 1. The van der Waals surface area contributed by atoms with Gasteiger partial charge >= 0.3 is 0 Å².